The molecule has 1 fully saturated rings. The summed E-state index contributed by atoms with van der Waals surface area (Å²) in [7, 11) is 3.30. The maximum atomic E-state index is 11.4. The monoisotopic (exact) mass is 332 g/mol. The fourth-order valence-electron chi connectivity index (χ4n) is 2.11. The maximum absolute atomic E-state index is 11.4. The van der Waals surface area contributed by atoms with Crippen molar-refractivity contribution in [2.45, 2.75) is 86.7 Å². The van der Waals surface area contributed by atoms with Gasteiger partial charge in [-0.15, -0.1) is 0 Å². The lowest BCUT2D eigenvalue weighted by Crippen LogP contribution is -2.46. The van der Waals surface area contributed by atoms with Crippen LogP contribution in [-0.4, -0.2) is 54.6 Å². The van der Waals surface area contributed by atoms with Crippen LogP contribution in [0.25, 0.3) is 0 Å². The predicted octanol–water partition coefficient (Wildman–Crippen LogP) is 4.55. The third-order valence-corrected chi connectivity index (χ3v) is 2.96. The molecule has 0 bridgehead atoms. The first-order valence-corrected chi connectivity index (χ1v) is 8.96. The average Bonchev–Trinajstić information content (AvgIpc) is 2.51. The number of ether oxygens (including phenoxy) is 1. The third kappa shape index (κ3) is 12.9. The van der Waals surface area contributed by atoms with Crippen LogP contribution in [0.5, 0.6) is 0 Å². The molecule has 1 aliphatic heterocycles. The number of nitrogens with zero attached hydrogens (tertiary/aromatic N) is 2. The lowest BCUT2D eigenvalue weighted by molar-refractivity contribution is -0.137. The Labute approximate surface area is 144 Å². The fraction of sp³-hybridized carbons (Fsp3) is 0.889. The summed E-state index contributed by atoms with van der Waals surface area (Å²) in [6.07, 6.45) is 2.71. The van der Waals surface area contributed by atoms with Crippen LogP contribution in [0.4, 0.5) is 4.79 Å². The van der Waals surface area contributed by atoms with Gasteiger partial charge in [0.05, 0.1) is 6.61 Å². The van der Waals surface area contributed by atoms with E-state index in [0.717, 1.165) is 12.8 Å². The lowest BCUT2D eigenvalue weighted by atomic mass is 10.0. The minimum Gasteiger partial charge on any atom is -0.450 e. The summed E-state index contributed by atoms with van der Waals surface area (Å²) in [5.74, 6) is 0.332. The Kier molecular flexibility index (Phi) is 19.8. The molecule has 140 valence electrons. The second-order valence-electron chi connectivity index (χ2n) is 5.23. The highest BCUT2D eigenvalue weighted by molar-refractivity contribution is 5.77. The number of carbonyl (C=O) groups excluding carboxylic acids is 2. The molecule has 1 heterocycles. The number of amides is 2. The van der Waals surface area contributed by atoms with Crippen molar-refractivity contribution in [2.24, 2.45) is 0 Å². The third-order valence-electron chi connectivity index (χ3n) is 2.96. The molecule has 1 rings (SSSR count). The highest BCUT2D eigenvalue weighted by Gasteiger charge is 2.26. The zero-order valence-corrected chi connectivity index (χ0v) is 17.1. The highest BCUT2D eigenvalue weighted by Crippen LogP contribution is 2.19. The topological polar surface area (TPSA) is 49.9 Å². The molecule has 0 saturated carbocycles. The SMILES string of the molecule is CC.CC.CC(C)N1C(=O)CCCC1C.CCOC(=O)N(C)C. The summed E-state index contributed by atoms with van der Waals surface area (Å²) < 4.78 is 4.59. The summed E-state index contributed by atoms with van der Waals surface area (Å²) in [5.41, 5.74) is 0. The van der Waals surface area contributed by atoms with Gasteiger partial charge in [-0.1, -0.05) is 27.7 Å². The molecule has 23 heavy (non-hydrogen) atoms. The fourth-order valence-corrected chi connectivity index (χ4v) is 2.11. The zero-order chi connectivity index (χ0) is 19.0. The van der Waals surface area contributed by atoms with Crippen molar-refractivity contribution in [3.05, 3.63) is 0 Å². The van der Waals surface area contributed by atoms with Crippen LogP contribution in [0.2, 0.25) is 0 Å². The molecule has 0 aromatic rings. The van der Waals surface area contributed by atoms with Crippen molar-refractivity contribution in [1.29, 1.82) is 0 Å². The summed E-state index contributed by atoms with van der Waals surface area (Å²) in [4.78, 5) is 25.2. The van der Waals surface area contributed by atoms with E-state index in [0.29, 0.717) is 24.6 Å². The molecule has 1 saturated heterocycles. The molecule has 0 aromatic carbocycles. The first-order chi connectivity index (χ1) is 10.8. The Hall–Kier alpha value is -1.26. The Morgan fingerprint density at radius 3 is 1.96 bits per heavy atom. The van der Waals surface area contributed by atoms with Gasteiger partial charge in [-0.25, -0.2) is 4.79 Å². The van der Waals surface area contributed by atoms with Crippen molar-refractivity contribution < 1.29 is 14.3 Å². The van der Waals surface area contributed by atoms with Gasteiger partial charge in [0.2, 0.25) is 5.91 Å². The summed E-state index contributed by atoms with van der Waals surface area (Å²) in [6, 6.07) is 0.828. The smallest absolute Gasteiger partial charge is 0.409 e. The Bertz CT molecular complexity index is 292. The van der Waals surface area contributed by atoms with E-state index in [4.69, 9.17) is 0 Å². The Morgan fingerprint density at radius 1 is 1.26 bits per heavy atom. The van der Waals surface area contributed by atoms with Gasteiger partial charge in [-0.3, -0.25) is 4.79 Å². The normalized spacial score (nSPS) is 16.0. The summed E-state index contributed by atoms with van der Waals surface area (Å²) in [5, 5.41) is 0. The first kappa shape index (κ1) is 26.6. The Balaban J connectivity index is -0.000000296. The van der Waals surface area contributed by atoms with Crippen LogP contribution in [0, 0.1) is 0 Å². The largest absolute Gasteiger partial charge is 0.450 e. The van der Waals surface area contributed by atoms with E-state index < -0.39 is 0 Å². The highest BCUT2D eigenvalue weighted by atomic mass is 16.5. The van der Waals surface area contributed by atoms with E-state index in [1.54, 1.807) is 21.0 Å². The molecular weight excluding hydrogens is 292 g/mol. The average molecular weight is 333 g/mol. The maximum Gasteiger partial charge on any atom is 0.409 e. The van der Waals surface area contributed by atoms with Crippen LogP contribution in [0.1, 0.15) is 74.7 Å². The number of piperidine rings is 1. The van der Waals surface area contributed by atoms with Gasteiger partial charge in [0.15, 0.2) is 0 Å². The molecule has 1 atom stereocenters. The van der Waals surface area contributed by atoms with Gasteiger partial charge in [0.25, 0.3) is 0 Å². The van der Waals surface area contributed by atoms with Crippen LogP contribution in [0.15, 0.2) is 0 Å². The second kappa shape index (κ2) is 17.1. The second-order valence-corrected chi connectivity index (χ2v) is 5.23. The van der Waals surface area contributed by atoms with E-state index in [1.807, 2.05) is 32.6 Å². The van der Waals surface area contributed by atoms with Crippen molar-refractivity contribution in [2.75, 3.05) is 20.7 Å². The number of likely N-dealkylation sites (tertiary alicyclic amines) is 1. The molecule has 0 N–H and O–H groups in total. The molecule has 0 spiro atoms. The van der Waals surface area contributed by atoms with E-state index in [1.165, 1.54) is 11.3 Å². The summed E-state index contributed by atoms with van der Waals surface area (Å²) in [6.45, 7) is 16.5. The molecule has 5 nitrogen and oxygen atoms in total. The van der Waals surface area contributed by atoms with Crippen LogP contribution in [0.3, 0.4) is 0 Å². The van der Waals surface area contributed by atoms with E-state index in [9.17, 15) is 9.59 Å². The van der Waals surface area contributed by atoms with E-state index in [-0.39, 0.29) is 6.09 Å². The van der Waals surface area contributed by atoms with Gasteiger partial charge in [-0.2, -0.15) is 0 Å². The molecule has 5 heteroatoms. The molecule has 0 radical (unpaired) electrons. The minimum atomic E-state index is -0.285. The predicted molar refractivity (Wildman–Crippen MR) is 98.7 cm³/mol. The van der Waals surface area contributed by atoms with E-state index >= 15 is 0 Å². The van der Waals surface area contributed by atoms with Gasteiger partial charge in [-0.05, 0) is 40.5 Å². The molecular formula is C18H40N2O3. The lowest BCUT2D eigenvalue weighted by Gasteiger charge is -2.36. The molecule has 0 aliphatic carbocycles. The van der Waals surface area contributed by atoms with Crippen molar-refractivity contribution in [3.8, 4) is 0 Å². The van der Waals surface area contributed by atoms with Crippen molar-refractivity contribution in [1.82, 2.24) is 9.80 Å². The van der Waals surface area contributed by atoms with Crippen LogP contribution in [-0.2, 0) is 9.53 Å². The van der Waals surface area contributed by atoms with Crippen LogP contribution < -0.4 is 0 Å². The molecule has 0 aromatic heterocycles. The number of hydrogen-bond donors (Lipinski definition) is 0. The van der Waals surface area contributed by atoms with Gasteiger partial charge in [0.1, 0.15) is 0 Å². The molecule has 1 aliphatic rings. The zero-order valence-electron chi connectivity index (χ0n) is 17.1. The van der Waals surface area contributed by atoms with Gasteiger partial charge < -0.3 is 14.5 Å². The minimum absolute atomic E-state index is 0.285. The quantitative estimate of drug-likeness (QED) is 0.745. The first-order valence-electron chi connectivity index (χ1n) is 8.96. The van der Waals surface area contributed by atoms with Gasteiger partial charge >= 0.3 is 6.09 Å². The molecule has 1 unspecified atom stereocenters. The number of hydrogen-bond acceptors (Lipinski definition) is 3. The molecule has 2 amide bonds. The Morgan fingerprint density at radius 2 is 1.74 bits per heavy atom. The van der Waals surface area contributed by atoms with Crippen LogP contribution >= 0.6 is 0 Å². The van der Waals surface area contributed by atoms with E-state index in [2.05, 4.69) is 25.5 Å². The van der Waals surface area contributed by atoms with Crippen molar-refractivity contribution in [3.63, 3.8) is 0 Å². The summed E-state index contributed by atoms with van der Waals surface area (Å²) >= 11 is 0. The standard InChI is InChI=1S/C9H17NO.C5H11NO2.2C2H6/c1-7(2)10-8(3)5-4-6-9(10)11;1-4-8-5(7)6(2)3;2*1-2/h7-8H,4-6H2,1-3H3;4H2,1-3H3;2*1-2H3. The number of carbonyl (C=O) groups is 2. The van der Waals surface area contributed by atoms with Crippen molar-refractivity contribution >= 4 is 12.0 Å². The number of rotatable bonds is 2. The van der Waals surface area contributed by atoms with Gasteiger partial charge in [0, 0.05) is 32.6 Å².